The molecule has 0 aliphatic carbocycles. The van der Waals surface area contributed by atoms with Gasteiger partial charge in [-0.2, -0.15) is 0 Å². The maximum Gasteiger partial charge on any atom is 0.120 e. The molecule has 90 valence electrons. The zero-order valence-electron chi connectivity index (χ0n) is 9.96. The van der Waals surface area contributed by atoms with Crippen LogP contribution in [0, 0.1) is 0 Å². The second-order valence-electron chi connectivity index (χ2n) is 4.12. The number of ether oxygens (including phenoxy) is 1. The lowest BCUT2D eigenvalue weighted by Gasteiger charge is -2.13. The van der Waals surface area contributed by atoms with Gasteiger partial charge in [-0.05, 0) is 31.5 Å². The van der Waals surface area contributed by atoms with E-state index in [4.69, 9.17) is 10.5 Å². The highest BCUT2D eigenvalue weighted by atomic mass is 32.1. The lowest BCUT2D eigenvalue weighted by atomic mass is 10.1. The van der Waals surface area contributed by atoms with Crippen molar-refractivity contribution in [3.63, 3.8) is 0 Å². The first-order valence-electron chi connectivity index (χ1n) is 5.57. The highest BCUT2D eigenvalue weighted by Crippen LogP contribution is 2.25. The number of thiazole rings is 1. The van der Waals surface area contributed by atoms with Crippen molar-refractivity contribution in [3.8, 4) is 5.75 Å². The van der Waals surface area contributed by atoms with Gasteiger partial charge in [0.2, 0.25) is 0 Å². The van der Waals surface area contributed by atoms with Crippen molar-refractivity contribution in [3.05, 3.63) is 46.4 Å². The summed E-state index contributed by atoms with van der Waals surface area (Å²) in [6, 6.07) is 7.79. The zero-order valence-corrected chi connectivity index (χ0v) is 10.8. The molecule has 2 aromatic rings. The smallest absolute Gasteiger partial charge is 0.120 e. The number of nitrogens with zero attached hydrogens (tertiary/aromatic N) is 1. The molecule has 1 unspecified atom stereocenters. The van der Waals surface area contributed by atoms with Gasteiger partial charge in [0.25, 0.3) is 0 Å². The molecule has 0 saturated heterocycles. The average molecular weight is 248 g/mol. The standard InChI is InChI=1S/C13H16N2OS/c1-9(2)16-11-5-3-4-10(6-11)13(14)12-7-15-8-17-12/h3-9,13H,14H2,1-2H3. The third kappa shape index (κ3) is 3.05. The summed E-state index contributed by atoms with van der Waals surface area (Å²) in [6.45, 7) is 4.02. The van der Waals surface area contributed by atoms with Gasteiger partial charge in [0.1, 0.15) is 5.75 Å². The molecule has 1 aromatic heterocycles. The Labute approximate surface area is 105 Å². The number of nitrogens with two attached hydrogens (primary N) is 1. The number of rotatable bonds is 4. The Bertz CT molecular complexity index is 468. The molecule has 0 radical (unpaired) electrons. The van der Waals surface area contributed by atoms with Crippen LogP contribution in [0.2, 0.25) is 0 Å². The van der Waals surface area contributed by atoms with Crippen molar-refractivity contribution in [1.82, 2.24) is 4.98 Å². The normalized spacial score (nSPS) is 12.7. The monoisotopic (exact) mass is 248 g/mol. The van der Waals surface area contributed by atoms with Gasteiger partial charge in [0.15, 0.2) is 0 Å². The summed E-state index contributed by atoms with van der Waals surface area (Å²) < 4.78 is 5.65. The van der Waals surface area contributed by atoms with Gasteiger partial charge in [0, 0.05) is 11.1 Å². The van der Waals surface area contributed by atoms with E-state index in [1.165, 1.54) is 0 Å². The summed E-state index contributed by atoms with van der Waals surface area (Å²) in [5.41, 5.74) is 9.02. The molecule has 0 aliphatic heterocycles. The molecule has 0 aliphatic rings. The van der Waals surface area contributed by atoms with Crippen LogP contribution in [0.3, 0.4) is 0 Å². The van der Waals surface area contributed by atoms with Crippen LogP contribution < -0.4 is 10.5 Å². The van der Waals surface area contributed by atoms with Crippen LogP contribution in [0.1, 0.15) is 30.3 Å². The Kier molecular flexibility index (Phi) is 3.76. The Hall–Kier alpha value is -1.39. The fourth-order valence-corrected chi connectivity index (χ4v) is 2.24. The Balaban J connectivity index is 2.21. The van der Waals surface area contributed by atoms with Crippen molar-refractivity contribution in [2.24, 2.45) is 5.73 Å². The fraction of sp³-hybridized carbons (Fsp3) is 0.308. The Morgan fingerprint density at radius 1 is 1.35 bits per heavy atom. The van der Waals surface area contributed by atoms with E-state index in [9.17, 15) is 0 Å². The van der Waals surface area contributed by atoms with E-state index in [0.717, 1.165) is 16.2 Å². The minimum Gasteiger partial charge on any atom is -0.491 e. The lowest BCUT2D eigenvalue weighted by molar-refractivity contribution is 0.242. The highest BCUT2D eigenvalue weighted by molar-refractivity contribution is 7.09. The van der Waals surface area contributed by atoms with Crippen LogP contribution in [-0.4, -0.2) is 11.1 Å². The molecule has 2 N–H and O–H groups in total. The van der Waals surface area contributed by atoms with E-state index < -0.39 is 0 Å². The number of aromatic nitrogens is 1. The van der Waals surface area contributed by atoms with Gasteiger partial charge in [-0.15, -0.1) is 11.3 Å². The molecule has 1 aromatic carbocycles. The molecule has 2 rings (SSSR count). The van der Waals surface area contributed by atoms with Crippen molar-refractivity contribution in [2.75, 3.05) is 0 Å². The highest BCUT2D eigenvalue weighted by Gasteiger charge is 2.11. The van der Waals surface area contributed by atoms with E-state index in [0.29, 0.717) is 0 Å². The molecule has 0 saturated carbocycles. The molecule has 1 atom stereocenters. The van der Waals surface area contributed by atoms with E-state index in [1.807, 2.05) is 44.3 Å². The van der Waals surface area contributed by atoms with Gasteiger partial charge in [-0.3, -0.25) is 4.98 Å². The van der Waals surface area contributed by atoms with Crippen LogP contribution in [0.5, 0.6) is 5.75 Å². The van der Waals surface area contributed by atoms with Gasteiger partial charge in [-0.25, -0.2) is 0 Å². The van der Waals surface area contributed by atoms with Crippen molar-refractivity contribution in [2.45, 2.75) is 26.0 Å². The molecular weight excluding hydrogens is 232 g/mol. The summed E-state index contributed by atoms with van der Waals surface area (Å²) in [6.07, 6.45) is 1.98. The summed E-state index contributed by atoms with van der Waals surface area (Å²) in [5.74, 6) is 0.859. The second-order valence-corrected chi connectivity index (χ2v) is 5.04. The first-order valence-corrected chi connectivity index (χ1v) is 6.45. The largest absolute Gasteiger partial charge is 0.491 e. The van der Waals surface area contributed by atoms with E-state index in [1.54, 1.807) is 16.8 Å². The summed E-state index contributed by atoms with van der Waals surface area (Å²) >= 11 is 1.57. The number of hydrogen-bond donors (Lipinski definition) is 1. The van der Waals surface area contributed by atoms with E-state index in [2.05, 4.69) is 4.98 Å². The molecule has 1 heterocycles. The molecule has 0 fully saturated rings. The second kappa shape index (κ2) is 5.29. The van der Waals surface area contributed by atoms with E-state index >= 15 is 0 Å². The average Bonchev–Trinajstić information content (AvgIpc) is 2.81. The molecule has 4 heteroatoms. The van der Waals surface area contributed by atoms with Crippen LogP contribution in [-0.2, 0) is 0 Å². The van der Waals surface area contributed by atoms with Crippen molar-refractivity contribution >= 4 is 11.3 Å². The molecule has 0 spiro atoms. The lowest BCUT2D eigenvalue weighted by Crippen LogP contribution is -2.11. The molecular formula is C13H16N2OS. The minimum absolute atomic E-state index is 0.127. The number of benzene rings is 1. The quantitative estimate of drug-likeness (QED) is 0.905. The zero-order chi connectivity index (χ0) is 12.3. The maximum absolute atomic E-state index is 6.18. The van der Waals surface area contributed by atoms with Gasteiger partial charge in [0.05, 0.1) is 17.7 Å². The Morgan fingerprint density at radius 2 is 2.18 bits per heavy atom. The molecule has 0 amide bonds. The van der Waals surface area contributed by atoms with Crippen LogP contribution in [0.4, 0.5) is 0 Å². The predicted molar refractivity (Wildman–Crippen MR) is 70.4 cm³/mol. The van der Waals surface area contributed by atoms with Crippen LogP contribution in [0.15, 0.2) is 36.0 Å². The van der Waals surface area contributed by atoms with Crippen molar-refractivity contribution < 1.29 is 4.74 Å². The van der Waals surface area contributed by atoms with Gasteiger partial charge in [-0.1, -0.05) is 12.1 Å². The first kappa shape index (κ1) is 12.1. The van der Waals surface area contributed by atoms with Crippen molar-refractivity contribution in [1.29, 1.82) is 0 Å². The van der Waals surface area contributed by atoms with Crippen LogP contribution in [0.25, 0.3) is 0 Å². The van der Waals surface area contributed by atoms with Gasteiger partial charge < -0.3 is 10.5 Å². The minimum atomic E-state index is -0.127. The van der Waals surface area contributed by atoms with Gasteiger partial charge >= 0.3 is 0 Å². The summed E-state index contributed by atoms with van der Waals surface area (Å²) in [5, 5.41) is 0. The molecule has 0 bridgehead atoms. The van der Waals surface area contributed by atoms with E-state index in [-0.39, 0.29) is 12.1 Å². The first-order chi connectivity index (χ1) is 8.16. The predicted octanol–water partition coefficient (Wildman–Crippen LogP) is 2.98. The van der Waals surface area contributed by atoms with Crippen LogP contribution >= 0.6 is 11.3 Å². The Morgan fingerprint density at radius 3 is 2.82 bits per heavy atom. The fourth-order valence-electron chi connectivity index (χ4n) is 1.60. The topological polar surface area (TPSA) is 48.1 Å². The summed E-state index contributed by atoms with van der Waals surface area (Å²) in [7, 11) is 0. The maximum atomic E-state index is 6.18. The molecule has 17 heavy (non-hydrogen) atoms. The molecule has 3 nitrogen and oxygen atoms in total. The SMILES string of the molecule is CC(C)Oc1cccc(C(N)c2cncs2)c1. The number of hydrogen-bond acceptors (Lipinski definition) is 4. The summed E-state index contributed by atoms with van der Waals surface area (Å²) in [4.78, 5) is 5.11. The third-order valence-corrected chi connectivity index (χ3v) is 3.21. The third-order valence-electron chi connectivity index (χ3n) is 2.35.